The molecule has 0 saturated heterocycles. The van der Waals surface area contributed by atoms with Crippen molar-refractivity contribution in [2.24, 2.45) is 0 Å². The van der Waals surface area contributed by atoms with Crippen molar-refractivity contribution in [1.82, 2.24) is 10.1 Å². The maximum absolute atomic E-state index is 11.8. The van der Waals surface area contributed by atoms with Gasteiger partial charge < -0.3 is 15.4 Å². The fourth-order valence-corrected chi connectivity index (χ4v) is 1.25. The molecule has 0 spiro atoms. The lowest BCUT2D eigenvalue weighted by Crippen LogP contribution is -2.14. The fourth-order valence-electron chi connectivity index (χ4n) is 1.25. The topological polar surface area (TPSA) is 114 Å². The Morgan fingerprint density at radius 2 is 2.29 bits per heavy atom. The van der Waals surface area contributed by atoms with Crippen molar-refractivity contribution in [2.75, 3.05) is 11.1 Å². The van der Waals surface area contributed by atoms with Crippen LogP contribution in [0.25, 0.3) is 0 Å². The monoisotopic (exact) mass is 234 g/mol. The number of nitrogen functional groups attached to an aromatic ring is 1. The first kappa shape index (κ1) is 10.9. The number of amides is 1. The predicted molar refractivity (Wildman–Crippen MR) is 59.5 cm³/mol. The summed E-state index contributed by atoms with van der Waals surface area (Å²) < 4.78 is 4.73. The molecule has 0 aliphatic carbocycles. The quantitative estimate of drug-likeness (QED) is 0.525. The van der Waals surface area contributed by atoms with Crippen molar-refractivity contribution < 1.29 is 14.4 Å². The van der Waals surface area contributed by atoms with Crippen molar-refractivity contribution in [1.29, 1.82) is 0 Å². The number of hydrogen-bond acceptors (Lipinski definition) is 6. The molecule has 7 heteroatoms. The first-order valence-corrected chi connectivity index (χ1v) is 4.76. The van der Waals surface area contributed by atoms with E-state index in [1.165, 1.54) is 18.2 Å². The van der Waals surface area contributed by atoms with Crippen LogP contribution in [0.1, 0.15) is 16.2 Å². The highest BCUT2D eigenvalue weighted by atomic mass is 16.5. The van der Waals surface area contributed by atoms with Crippen molar-refractivity contribution in [3.8, 4) is 5.75 Å². The van der Waals surface area contributed by atoms with Crippen LogP contribution < -0.4 is 11.1 Å². The number of nitrogens with two attached hydrogens (primary N) is 1. The Hall–Kier alpha value is -2.57. The molecule has 17 heavy (non-hydrogen) atoms. The highest BCUT2D eigenvalue weighted by molar-refractivity contribution is 6.07. The highest BCUT2D eigenvalue weighted by Gasteiger charge is 2.13. The van der Waals surface area contributed by atoms with Gasteiger partial charge in [0.15, 0.2) is 5.82 Å². The second kappa shape index (κ2) is 4.12. The van der Waals surface area contributed by atoms with Gasteiger partial charge in [-0.25, -0.2) is 0 Å². The fraction of sp³-hybridized carbons (Fsp3) is 0.100. The lowest BCUT2D eigenvalue weighted by atomic mass is 10.1. The number of benzene rings is 1. The van der Waals surface area contributed by atoms with Crippen LogP contribution in [-0.2, 0) is 0 Å². The number of aromatic hydroxyl groups is 1. The van der Waals surface area contributed by atoms with Gasteiger partial charge in [-0.05, 0) is 25.1 Å². The van der Waals surface area contributed by atoms with Gasteiger partial charge in [0.05, 0.1) is 5.56 Å². The van der Waals surface area contributed by atoms with Crippen LogP contribution in [-0.4, -0.2) is 21.2 Å². The minimum absolute atomic E-state index is 0.0183. The maximum Gasteiger partial charge on any atom is 0.328 e. The Morgan fingerprint density at radius 3 is 2.94 bits per heavy atom. The Labute approximate surface area is 96.2 Å². The maximum atomic E-state index is 11.8. The number of aromatic nitrogens is 2. The van der Waals surface area contributed by atoms with E-state index in [1.54, 1.807) is 6.92 Å². The minimum Gasteiger partial charge on any atom is -0.508 e. The van der Waals surface area contributed by atoms with Gasteiger partial charge in [0.2, 0.25) is 0 Å². The molecule has 1 heterocycles. The molecule has 0 fully saturated rings. The molecule has 0 unspecified atom stereocenters. The van der Waals surface area contributed by atoms with Crippen LogP contribution in [0.4, 0.5) is 11.7 Å². The number of rotatable bonds is 2. The zero-order chi connectivity index (χ0) is 12.4. The second-order valence-corrected chi connectivity index (χ2v) is 3.37. The summed E-state index contributed by atoms with van der Waals surface area (Å²) in [6.45, 7) is 1.63. The van der Waals surface area contributed by atoms with Gasteiger partial charge in [-0.1, -0.05) is 5.16 Å². The molecular weight excluding hydrogens is 224 g/mol. The number of hydrogen-bond donors (Lipinski definition) is 3. The van der Waals surface area contributed by atoms with Gasteiger partial charge >= 0.3 is 6.01 Å². The van der Waals surface area contributed by atoms with Crippen LogP contribution in [0.15, 0.2) is 22.7 Å². The van der Waals surface area contributed by atoms with E-state index in [1.807, 2.05) is 0 Å². The first-order chi connectivity index (χ1) is 8.06. The van der Waals surface area contributed by atoms with E-state index in [-0.39, 0.29) is 23.0 Å². The van der Waals surface area contributed by atoms with Gasteiger partial charge in [0.25, 0.3) is 5.91 Å². The van der Waals surface area contributed by atoms with E-state index in [0.29, 0.717) is 5.82 Å². The average molecular weight is 234 g/mol. The standard InChI is InChI=1S/C10H10N4O3/c1-5-12-10(17-14-5)13-9(16)7-4-6(15)2-3-8(7)11/h2-4,15H,11H2,1H3,(H,12,13,14,16). The van der Waals surface area contributed by atoms with E-state index in [4.69, 9.17) is 10.3 Å². The van der Waals surface area contributed by atoms with Gasteiger partial charge in [-0.3, -0.25) is 10.1 Å². The van der Waals surface area contributed by atoms with Crippen LogP contribution in [0.2, 0.25) is 0 Å². The van der Waals surface area contributed by atoms with Crippen LogP contribution in [0, 0.1) is 6.92 Å². The molecule has 1 aromatic carbocycles. The lowest BCUT2D eigenvalue weighted by Gasteiger charge is -2.04. The summed E-state index contributed by atoms with van der Waals surface area (Å²) in [5.74, 6) is -0.169. The number of carbonyl (C=O) groups excluding carboxylic acids is 1. The largest absolute Gasteiger partial charge is 0.508 e. The third-order valence-corrected chi connectivity index (χ3v) is 2.03. The zero-order valence-corrected chi connectivity index (χ0v) is 8.97. The van der Waals surface area contributed by atoms with Gasteiger partial charge in [-0.15, -0.1) is 0 Å². The molecule has 88 valence electrons. The van der Waals surface area contributed by atoms with Crippen molar-refractivity contribution in [2.45, 2.75) is 6.92 Å². The third kappa shape index (κ3) is 2.33. The highest BCUT2D eigenvalue weighted by Crippen LogP contribution is 2.19. The number of anilines is 2. The molecule has 0 aliphatic rings. The summed E-state index contributed by atoms with van der Waals surface area (Å²) in [5.41, 5.74) is 6.00. The molecule has 0 radical (unpaired) electrons. The average Bonchev–Trinajstić information content (AvgIpc) is 2.67. The third-order valence-electron chi connectivity index (χ3n) is 2.03. The molecule has 4 N–H and O–H groups in total. The summed E-state index contributed by atoms with van der Waals surface area (Å²) in [4.78, 5) is 15.6. The van der Waals surface area contributed by atoms with Crippen LogP contribution in [0.5, 0.6) is 5.75 Å². The lowest BCUT2D eigenvalue weighted by molar-refractivity contribution is 0.102. The summed E-state index contributed by atoms with van der Waals surface area (Å²) in [6.07, 6.45) is 0. The van der Waals surface area contributed by atoms with Crippen LogP contribution >= 0.6 is 0 Å². The molecule has 1 amide bonds. The Balaban J connectivity index is 2.22. The summed E-state index contributed by atoms with van der Waals surface area (Å²) in [6, 6.07) is 4.07. The Kier molecular flexibility index (Phi) is 2.65. The van der Waals surface area contributed by atoms with Crippen LogP contribution in [0.3, 0.4) is 0 Å². The number of aryl methyl sites for hydroxylation is 1. The molecule has 2 aromatic rings. The molecule has 0 saturated carbocycles. The van der Waals surface area contributed by atoms with E-state index in [0.717, 1.165) is 0 Å². The van der Waals surface area contributed by atoms with Gasteiger partial charge in [0, 0.05) is 5.69 Å². The number of nitrogens with zero attached hydrogens (tertiary/aromatic N) is 2. The van der Waals surface area contributed by atoms with E-state index in [9.17, 15) is 9.90 Å². The van der Waals surface area contributed by atoms with E-state index >= 15 is 0 Å². The smallest absolute Gasteiger partial charge is 0.328 e. The second-order valence-electron chi connectivity index (χ2n) is 3.37. The zero-order valence-electron chi connectivity index (χ0n) is 8.97. The minimum atomic E-state index is -0.526. The normalized spacial score (nSPS) is 10.2. The summed E-state index contributed by atoms with van der Waals surface area (Å²) >= 11 is 0. The number of carbonyl (C=O) groups is 1. The Morgan fingerprint density at radius 1 is 1.53 bits per heavy atom. The van der Waals surface area contributed by atoms with Crippen molar-refractivity contribution in [3.63, 3.8) is 0 Å². The molecule has 0 aliphatic heterocycles. The molecule has 0 atom stereocenters. The summed E-state index contributed by atoms with van der Waals surface area (Å²) in [5, 5.41) is 15.2. The predicted octanol–water partition coefficient (Wildman–Crippen LogP) is 0.918. The van der Waals surface area contributed by atoms with Crippen molar-refractivity contribution in [3.05, 3.63) is 29.6 Å². The van der Waals surface area contributed by atoms with Crippen molar-refractivity contribution >= 4 is 17.6 Å². The molecule has 0 bridgehead atoms. The van der Waals surface area contributed by atoms with Gasteiger partial charge in [-0.2, -0.15) is 4.98 Å². The number of phenols is 1. The first-order valence-electron chi connectivity index (χ1n) is 4.76. The molecule has 2 rings (SSSR count). The van der Waals surface area contributed by atoms with Gasteiger partial charge in [0.1, 0.15) is 5.75 Å². The number of phenolic OH excluding ortho intramolecular Hbond substituents is 1. The van der Waals surface area contributed by atoms with E-state index in [2.05, 4.69) is 15.5 Å². The summed E-state index contributed by atoms with van der Waals surface area (Å²) in [7, 11) is 0. The molecular formula is C10H10N4O3. The SMILES string of the molecule is Cc1noc(NC(=O)c2cc(O)ccc2N)n1. The molecule has 7 nitrogen and oxygen atoms in total. The van der Waals surface area contributed by atoms with E-state index < -0.39 is 5.91 Å². The Bertz CT molecular complexity index is 564. The molecule has 1 aromatic heterocycles. The number of nitrogens with one attached hydrogen (secondary N) is 1.